The summed E-state index contributed by atoms with van der Waals surface area (Å²) in [5.41, 5.74) is 5.25. The number of nitrogens with one attached hydrogen (secondary N) is 2. The molecule has 0 saturated heterocycles. The van der Waals surface area contributed by atoms with Crippen LogP contribution in [0.4, 0.5) is 0 Å². The zero-order valence-corrected chi connectivity index (χ0v) is 18.0. The second-order valence-electron chi connectivity index (χ2n) is 7.11. The highest BCUT2D eigenvalue weighted by atomic mass is 35.5. The lowest BCUT2D eigenvalue weighted by Gasteiger charge is -2.30. The maximum absolute atomic E-state index is 11.9. The van der Waals surface area contributed by atoms with Crippen molar-refractivity contribution >= 4 is 17.6 Å². The van der Waals surface area contributed by atoms with Gasteiger partial charge in [0.25, 0.3) is 0 Å². The number of halogens is 1. The van der Waals surface area contributed by atoms with E-state index in [0.29, 0.717) is 28.6 Å². The molecule has 1 aromatic heterocycles. The maximum Gasteiger partial charge on any atom is 0.358 e. The van der Waals surface area contributed by atoms with E-state index in [1.165, 1.54) is 13.2 Å². The van der Waals surface area contributed by atoms with Crippen molar-refractivity contribution in [2.24, 2.45) is 5.92 Å². The molecule has 3 atom stereocenters. The number of pyridine rings is 1. The Bertz CT molecular complexity index is 881. The lowest BCUT2D eigenvalue weighted by atomic mass is 9.80. The predicted octanol–water partition coefficient (Wildman–Crippen LogP) is 4.21. The molecule has 2 N–H and O–H groups in total. The summed E-state index contributed by atoms with van der Waals surface area (Å²) in [5, 5.41) is 13.1. The topological polar surface area (TPSA) is 87.0 Å². The number of aromatic nitrogens is 1. The van der Waals surface area contributed by atoms with Crippen LogP contribution in [0.15, 0.2) is 36.7 Å². The number of nitrogens with zero attached hydrogens (tertiary/aromatic N) is 2. The fourth-order valence-electron chi connectivity index (χ4n) is 3.45. The molecule has 3 unspecified atom stereocenters. The number of hydrogen-bond donors (Lipinski definition) is 2. The van der Waals surface area contributed by atoms with E-state index in [1.807, 2.05) is 12.1 Å². The van der Waals surface area contributed by atoms with Crippen LogP contribution in [0.3, 0.4) is 0 Å². The van der Waals surface area contributed by atoms with Gasteiger partial charge in [0, 0.05) is 37.9 Å². The third-order valence-electron chi connectivity index (χ3n) is 5.15. The summed E-state index contributed by atoms with van der Waals surface area (Å²) < 4.78 is 0. The second-order valence-corrected chi connectivity index (χ2v) is 7.51. The number of carbonyl (C=O) groups excluding carboxylic acids is 1. The molecule has 0 aliphatic carbocycles. The van der Waals surface area contributed by atoms with Gasteiger partial charge in [-0.2, -0.15) is 10.7 Å². The van der Waals surface area contributed by atoms with Crippen LogP contribution in [0.2, 0.25) is 5.02 Å². The van der Waals surface area contributed by atoms with Crippen LogP contribution >= 0.6 is 11.6 Å². The highest BCUT2D eigenvalue weighted by molar-refractivity contribution is 6.31. The zero-order chi connectivity index (χ0) is 21.4. The number of hydrogen-bond acceptors (Lipinski definition) is 6. The van der Waals surface area contributed by atoms with Crippen LogP contribution in [-0.4, -0.2) is 24.0 Å². The van der Waals surface area contributed by atoms with Gasteiger partial charge < -0.3 is 10.2 Å². The van der Waals surface area contributed by atoms with Gasteiger partial charge in [-0.05, 0) is 42.2 Å². The van der Waals surface area contributed by atoms with Crippen molar-refractivity contribution in [2.45, 2.75) is 45.7 Å². The van der Waals surface area contributed by atoms with Crippen molar-refractivity contribution in [3.63, 3.8) is 0 Å². The van der Waals surface area contributed by atoms with Crippen LogP contribution in [0.25, 0.3) is 0 Å². The van der Waals surface area contributed by atoms with Crippen molar-refractivity contribution in [1.29, 1.82) is 5.26 Å². The van der Waals surface area contributed by atoms with E-state index in [2.05, 4.69) is 42.6 Å². The van der Waals surface area contributed by atoms with Crippen molar-refractivity contribution in [2.75, 3.05) is 7.05 Å². The lowest BCUT2D eigenvalue weighted by Crippen LogP contribution is -2.35. The monoisotopic (exact) mass is 414 g/mol. The molecule has 2 aromatic rings. The molecule has 0 spiro atoms. The molecule has 0 amide bonds. The average molecular weight is 415 g/mol. The van der Waals surface area contributed by atoms with Gasteiger partial charge in [0.2, 0.25) is 0 Å². The minimum absolute atomic E-state index is 0.141. The maximum atomic E-state index is 11.9. The molecule has 2 rings (SSSR count). The Balaban J connectivity index is 2.16. The van der Waals surface area contributed by atoms with Gasteiger partial charge >= 0.3 is 5.97 Å². The smallest absolute Gasteiger partial charge is 0.358 e. The van der Waals surface area contributed by atoms with Gasteiger partial charge in [-0.25, -0.2) is 4.79 Å². The molecule has 29 heavy (non-hydrogen) atoms. The van der Waals surface area contributed by atoms with Gasteiger partial charge in [-0.3, -0.25) is 4.98 Å². The average Bonchev–Trinajstić information content (AvgIpc) is 2.72. The summed E-state index contributed by atoms with van der Waals surface area (Å²) in [6.45, 7) is 7.07. The largest absolute Gasteiger partial charge is 0.367 e. The molecule has 0 aliphatic heterocycles. The Morgan fingerprint density at radius 2 is 2.07 bits per heavy atom. The van der Waals surface area contributed by atoms with E-state index < -0.39 is 5.97 Å². The Morgan fingerprint density at radius 3 is 2.69 bits per heavy atom. The summed E-state index contributed by atoms with van der Waals surface area (Å²) in [6, 6.07) is 9.67. The summed E-state index contributed by atoms with van der Waals surface area (Å²) in [5.74, 6) is 0.159. The van der Waals surface area contributed by atoms with E-state index in [1.54, 1.807) is 18.3 Å². The Kier molecular flexibility index (Phi) is 8.59. The lowest BCUT2D eigenvalue weighted by molar-refractivity contribution is 0.0309. The number of carbonyl (C=O) groups is 1. The summed E-state index contributed by atoms with van der Waals surface area (Å²) in [4.78, 5) is 20.8. The van der Waals surface area contributed by atoms with Crippen LogP contribution in [0.1, 0.15) is 60.2 Å². The summed E-state index contributed by atoms with van der Waals surface area (Å²) in [7, 11) is 1.53. The normalized spacial score (nSPS) is 13.9. The number of rotatable bonds is 9. The molecular formula is C22H27ClN4O2. The predicted molar refractivity (Wildman–Crippen MR) is 113 cm³/mol. The van der Waals surface area contributed by atoms with Gasteiger partial charge in [0.15, 0.2) is 0 Å². The molecule has 1 heterocycles. The van der Waals surface area contributed by atoms with Crippen LogP contribution < -0.4 is 10.8 Å². The Hall–Kier alpha value is -2.46. The van der Waals surface area contributed by atoms with Crippen LogP contribution in [-0.2, 0) is 11.4 Å². The SMILES string of the molecule is CCC(C)C(c1ccc(C#N)c(Cl)c1)C(C)NCc1cncc(C(=O)ONC)c1. The van der Waals surface area contributed by atoms with Crippen molar-refractivity contribution in [3.05, 3.63) is 63.9 Å². The Labute approximate surface area is 177 Å². The first-order valence-electron chi connectivity index (χ1n) is 9.66. The molecule has 0 saturated carbocycles. The molecule has 1 aromatic carbocycles. The quantitative estimate of drug-likeness (QED) is 0.598. The minimum atomic E-state index is -0.473. The molecule has 6 nitrogen and oxygen atoms in total. The molecule has 7 heteroatoms. The van der Waals surface area contributed by atoms with Gasteiger partial charge in [-0.1, -0.05) is 37.9 Å². The highest BCUT2D eigenvalue weighted by Gasteiger charge is 2.25. The van der Waals surface area contributed by atoms with Crippen molar-refractivity contribution in [1.82, 2.24) is 15.8 Å². The van der Waals surface area contributed by atoms with Gasteiger partial charge in [0.05, 0.1) is 16.1 Å². The van der Waals surface area contributed by atoms with Crippen LogP contribution in [0.5, 0.6) is 0 Å². The number of benzene rings is 1. The van der Waals surface area contributed by atoms with Gasteiger partial charge in [-0.15, -0.1) is 0 Å². The fraction of sp³-hybridized carbons (Fsp3) is 0.409. The van der Waals surface area contributed by atoms with Gasteiger partial charge in [0.1, 0.15) is 6.07 Å². The Morgan fingerprint density at radius 1 is 1.31 bits per heavy atom. The van der Waals surface area contributed by atoms with E-state index in [9.17, 15) is 4.79 Å². The first-order valence-corrected chi connectivity index (χ1v) is 10.0. The second kappa shape index (κ2) is 10.9. The molecular weight excluding hydrogens is 388 g/mol. The van der Waals surface area contributed by atoms with E-state index in [4.69, 9.17) is 21.7 Å². The molecule has 154 valence electrons. The van der Waals surface area contributed by atoms with Crippen molar-refractivity contribution < 1.29 is 9.63 Å². The first kappa shape index (κ1) is 22.8. The van der Waals surface area contributed by atoms with Crippen LogP contribution in [0, 0.1) is 17.2 Å². The number of nitriles is 1. The first-order chi connectivity index (χ1) is 13.9. The summed E-state index contributed by atoms with van der Waals surface area (Å²) in [6.07, 6.45) is 4.22. The third kappa shape index (κ3) is 6.01. The molecule has 0 fully saturated rings. The standard InChI is InChI=1S/C22H27ClN4O2/c1-5-14(2)21(17-6-7-18(10-24)20(23)9-17)15(3)27-12-16-8-19(13-26-11-16)22(28)29-25-4/h6-9,11,13-15,21,25,27H,5,12H2,1-4H3. The van der Waals surface area contributed by atoms with E-state index >= 15 is 0 Å². The molecule has 0 radical (unpaired) electrons. The summed E-state index contributed by atoms with van der Waals surface area (Å²) >= 11 is 6.27. The van der Waals surface area contributed by atoms with E-state index in [0.717, 1.165) is 17.5 Å². The van der Waals surface area contributed by atoms with E-state index in [-0.39, 0.29) is 12.0 Å². The third-order valence-corrected chi connectivity index (χ3v) is 5.46. The highest BCUT2D eigenvalue weighted by Crippen LogP contribution is 2.32. The molecule has 0 bridgehead atoms. The minimum Gasteiger partial charge on any atom is -0.367 e. The number of hydroxylamine groups is 1. The zero-order valence-electron chi connectivity index (χ0n) is 17.2. The fourth-order valence-corrected chi connectivity index (χ4v) is 3.68. The molecule has 0 aliphatic rings. The van der Waals surface area contributed by atoms with Crippen molar-refractivity contribution in [3.8, 4) is 6.07 Å².